The zero-order valence-corrected chi connectivity index (χ0v) is 10.1. The molecular formula is C11H14F3N3O2. The van der Waals surface area contributed by atoms with Crippen LogP contribution in [0.1, 0.15) is 25.7 Å². The molecule has 2 atom stereocenters. The molecule has 1 aliphatic heterocycles. The lowest BCUT2D eigenvalue weighted by atomic mass is 9.91. The maximum Gasteiger partial charge on any atom is 0.389 e. The number of nitrogens with zero attached hydrogens (tertiary/aromatic N) is 2. The Morgan fingerprint density at radius 3 is 2.53 bits per heavy atom. The van der Waals surface area contributed by atoms with E-state index in [9.17, 15) is 22.8 Å². The number of carbonyl (C=O) groups is 2. The predicted octanol–water partition coefficient (Wildman–Crippen LogP) is 0.945. The highest BCUT2D eigenvalue weighted by atomic mass is 19.4. The van der Waals surface area contributed by atoms with Gasteiger partial charge in [0.1, 0.15) is 6.04 Å². The maximum absolute atomic E-state index is 12.1. The number of primary amides is 1. The number of nitrogens with two attached hydrogens (primary N) is 1. The Hall–Kier alpha value is -1.78. The van der Waals surface area contributed by atoms with Crippen LogP contribution in [0, 0.1) is 17.2 Å². The summed E-state index contributed by atoms with van der Waals surface area (Å²) in [5.41, 5.74) is 5.13. The number of likely N-dealkylation sites (tertiary alicyclic amines) is 1. The first kappa shape index (κ1) is 15.3. The van der Waals surface area contributed by atoms with E-state index in [4.69, 9.17) is 11.0 Å². The van der Waals surface area contributed by atoms with Gasteiger partial charge in [0.25, 0.3) is 0 Å². The fraction of sp³-hybridized carbons (Fsp3) is 0.727. The molecule has 1 saturated heterocycles. The van der Waals surface area contributed by atoms with Gasteiger partial charge in [0.15, 0.2) is 0 Å². The van der Waals surface area contributed by atoms with Gasteiger partial charge in [0.05, 0.1) is 18.4 Å². The van der Waals surface area contributed by atoms with Gasteiger partial charge in [-0.2, -0.15) is 18.4 Å². The van der Waals surface area contributed by atoms with Crippen molar-refractivity contribution >= 4 is 11.8 Å². The number of amides is 2. The third kappa shape index (κ3) is 4.43. The van der Waals surface area contributed by atoms with E-state index in [1.807, 2.05) is 6.07 Å². The maximum atomic E-state index is 12.1. The van der Waals surface area contributed by atoms with E-state index in [-0.39, 0.29) is 13.0 Å². The molecule has 0 aliphatic carbocycles. The molecule has 0 spiro atoms. The largest absolute Gasteiger partial charge is 0.389 e. The van der Waals surface area contributed by atoms with Gasteiger partial charge in [-0.3, -0.25) is 9.59 Å². The molecule has 2 N–H and O–H groups in total. The van der Waals surface area contributed by atoms with Crippen molar-refractivity contribution in [2.75, 3.05) is 6.54 Å². The lowest BCUT2D eigenvalue weighted by Gasteiger charge is -2.35. The van der Waals surface area contributed by atoms with Crippen molar-refractivity contribution < 1.29 is 22.8 Å². The summed E-state index contributed by atoms with van der Waals surface area (Å²) in [6.07, 6.45) is -5.91. The second-order valence-corrected chi connectivity index (χ2v) is 4.47. The van der Waals surface area contributed by atoms with Gasteiger partial charge in [-0.15, -0.1) is 0 Å². The summed E-state index contributed by atoms with van der Waals surface area (Å²) in [5, 5.41) is 8.77. The van der Waals surface area contributed by atoms with Gasteiger partial charge in [-0.05, 0) is 12.8 Å². The fourth-order valence-corrected chi connectivity index (χ4v) is 2.04. The average Bonchev–Trinajstić information content (AvgIpc) is 2.34. The Kier molecular flexibility index (Phi) is 4.75. The normalized spacial score (nSPS) is 23.8. The highest BCUT2D eigenvalue weighted by molar-refractivity contribution is 5.86. The van der Waals surface area contributed by atoms with E-state index in [2.05, 4.69) is 0 Å². The number of hydrogen-bond acceptors (Lipinski definition) is 3. The minimum absolute atomic E-state index is 0.0858. The molecule has 1 rings (SSSR count). The van der Waals surface area contributed by atoms with Crippen LogP contribution >= 0.6 is 0 Å². The lowest BCUT2D eigenvalue weighted by Crippen LogP contribution is -2.52. The standard InChI is InChI=1S/C11H14F3N3O2/c12-11(13,14)3-1-9(18)17-4-2-7(6-15)5-8(17)10(16)19/h7-8H,1-5H2,(H2,16,19)/t7?,8-/m1/s1. The molecular weight excluding hydrogens is 263 g/mol. The second-order valence-electron chi connectivity index (χ2n) is 4.47. The van der Waals surface area contributed by atoms with Crippen LogP contribution in [0.5, 0.6) is 0 Å². The molecule has 1 heterocycles. The summed E-state index contributed by atoms with van der Waals surface area (Å²) in [4.78, 5) is 24.0. The summed E-state index contributed by atoms with van der Waals surface area (Å²) in [7, 11) is 0. The van der Waals surface area contributed by atoms with E-state index in [1.54, 1.807) is 0 Å². The molecule has 1 fully saturated rings. The van der Waals surface area contributed by atoms with E-state index in [0.717, 1.165) is 4.90 Å². The molecule has 0 aromatic rings. The Balaban J connectivity index is 2.67. The molecule has 1 aliphatic rings. The van der Waals surface area contributed by atoms with E-state index in [1.165, 1.54) is 0 Å². The van der Waals surface area contributed by atoms with Crippen LogP contribution in [0.25, 0.3) is 0 Å². The number of alkyl halides is 3. The van der Waals surface area contributed by atoms with Crippen LogP contribution in [-0.4, -0.2) is 35.5 Å². The zero-order valence-electron chi connectivity index (χ0n) is 10.1. The molecule has 1 unspecified atom stereocenters. The van der Waals surface area contributed by atoms with Crippen molar-refractivity contribution in [2.24, 2.45) is 11.7 Å². The minimum atomic E-state index is -4.41. The molecule has 0 bridgehead atoms. The van der Waals surface area contributed by atoms with Gasteiger partial charge < -0.3 is 10.6 Å². The van der Waals surface area contributed by atoms with Crippen molar-refractivity contribution in [3.05, 3.63) is 0 Å². The van der Waals surface area contributed by atoms with Gasteiger partial charge >= 0.3 is 6.18 Å². The van der Waals surface area contributed by atoms with Crippen LogP contribution in [0.4, 0.5) is 13.2 Å². The van der Waals surface area contributed by atoms with Crippen LogP contribution < -0.4 is 5.73 Å². The monoisotopic (exact) mass is 277 g/mol. The minimum Gasteiger partial charge on any atom is -0.368 e. The SMILES string of the molecule is N#CC1CCN(C(=O)CCC(F)(F)F)[C@@H](C(N)=O)C1. The zero-order chi connectivity index (χ0) is 14.6. The summed E-state index contributed by atoms with van der Waals surface area (Å²) in [5.74, 6) is -1.94. The van der Waals surface area contributed by atoms with Gasteiger partial charge in [0.2, 0.25) is 11.8 Å². The van der Waals surface area contributed by atoms with Crippen LogP contribution in [0.3, 0.4) is 0 Å². The summed E-state index contributed by atoms with van der Waals surface area (Å²) < 4.78 is 36.2. The number of carbonyl (C=O) groups excluding carboxylic acids is 2. The van der Waals surface area contributed by atoms with Crippen molar-refractivity contribution in [1.29, 1.82) is 5.26 Å². The number of piperidine rings is 1. The lowest BCUT2D eigenvalue weighted by molar-refractivity contribution is -0.153. The van der Waals surface area contributed by atoms with Gasteiger partial charge in [-0.25, -0.2) is 0 Å². The molecule has 8 heteroatoms. The highest BCUT2D eigenvalue weighted by Gasteiger charge is 2.36. The first-order valence-corrected chi connectivity index (χ1v) is 5.79. The number of hydrogen-bond donors (Lipinski definition) is 1. The topological polar surface area (TPSA) is 87.2 Å². The van der Waals surface area contributed by atoms with Crippen molar-refractivity contribution in [2.45, 2.75) is 37.9 Å². The molecule has 19 heavy (non-hydrogen) atoms. The van der Waals surface area contributed by atoms with Crippen molar-refractivity contribution in [3.8, 4) is 6.07 Å². The predicted molar refractivity (Wildman–Crippen MR) is 58.3 cm³/mol. The number of halogens is 3. The number of nitriles is 1. The molecule has 0 radical (unpaired) electrons. The van der Waals surface area contributed by atoms with Crippen LogP contribution in [0.2, 0.25) is 0 Å². The van der Waals surface area contributed by atoms with E-state index < -0.39 is 42.8 Å². The summed E-state index contributed by atoms with van der Waals surface area (Å²) in [6, 6.07) is 0.992. The van der Waals surface area contributed by atoms with Crippen LogP contribution in [0.15, 0.2) is 0 Å². The summed E-state index contributed by atoms with van der Waals surface area (Å²) >= 11 is 0. The Labute approximate surface area is 108 Å². The van der Waals surface area contributed by atoms with Gasteiger partial charge in [0, 0.05) is 13.0 Å². The molecule has 106 valence electrons. The Morgan fingerprint density at radius 2 is 2.05 bits per heavy atom. The molecule has 0 saturated carbocycles. The van der Waals surface area contributed by atoms with E-state index >= 15 is 0 Å². The highest BCUT2D eigenvalue weighted by Crippen LogP contribution is 2.26. The molecule has 2 amide bonds. The van der Waals surface area contributed by atoms with Crippen molar-refractivity contribution in [3.63, 3.8) is 0 Å². The second kappa shape index (κ2) is 5.91. The smallest absolute Gasteiger partial charge is 0.368 e. The molecule has 0 aromatic heterocycles. The first-order chi connectivity index (χ1) is 8.74. The third-order valence-corrected chi connectivity index (χ3v) is 3.06. The van der Waals surface area contributed by atoms with Crippen molar-refractivity contribution in [1.82, 2.24) is 4.90 Å². The fourth-order valence-electron chi connectivity index (χ4n) is 2.04. The quantitative estimate of drug-likeness (QED) is 0.833. The molecule has 5 nitrogen and oxygen atoms in total. The Bertz CT molecular complexity index is 403. The average molecular weight is 277 g/mol. The molecule has 0 aromatic carbocycles. The Morgan fingerprint density at radius 1 is 1.42 bits per heavy atom. The summed E-state index contributed by atoms with van der Waals surface area (Å²) in [6.45, 7) is 0.0858. The first-order valence-electron chi connectivity index (χ1n) is 5.79. The van der Waals surface area contributed by atoms with E-state index in [0.29, 0.717) is 6.42 Å². The van der Waals surface area contributed by atoms with Gasteiger partial charge in [-0.1, -0.05) is 0 Å². The third-order valence-electron chi connectivity index (χ3n) is 3.06. The number of rotatable bonds is 3. The van der Waals surface area contributed by atoms with Crippen LogP contribution in [-0.2, 0) is 9.59 Å².